The molecule has 4 aromatic rings. The Kier molecular flexibility index (Phi) is 6.03. The number of halogens is 3. The Morgan fingerprint density at radius 1 is 1.03 bits per heavy atom. The van der Waals surface area contributed by atoms with Crippen LogP contribution in [-0.4, -0.2) is 34.8 Å². The van der Waals surface area contributed by atoms with Crippen LogP contribution in [0.2, 0.25) is 0 Å². The second-order valence-electron chi connectivity index (χ2n) is 8.45. The summed E-state index contributed by atoms with van der Waals surface area (Å²) in [7, 11) is -2.07. The van der Waals surface area contributed by atoms with Crippen LogP contribution in [0.1, 0.15) is 34.9 Å². The molecule has 2 aromatic carbocycles. The largest absolute Gasteiger partial charge is 0.493 e. The summed E-state index contributed by atoms with van der Waals surface area (Å²) in [6.45, 7) is 0.287. The van der Waals surface area contributed by atoms with Gasteiger partial charge in [-0.15, -0.1) is 0 Å². The Labute approximate surface area is 205 Å². The van der Waals surface area contributed by atoms with E-state index in [0.717, 1.165) is 12.1 Å². The summed E-state index contributed by atoms with van der Waals surface area (Å²) in [5.41, 5.74) is 1.61. The average Bonchev–Trinajstić information content (AvgIpc) is 3.28. The van der Waals surface area contributed by atoms with Gasteiger partial charge in [0, 0.05) is 42.7 Å². The summed E-state index contributed by atoms with van der Waals surface area (Å²) in [5, 5.41) is 4.12. The minimum Gasteiger partial charge on any atom is -0.493 e. The fourth-order valence-electron chi connectivity index (χ4n) is 4.44. The molecule has 2 aromatic heterocycles. The van der Waals surface area contributed by atoms with Crippen LogP contribution in [0.3, 0.4) is 0 Å². The Balaban J connectivity index is 1.56. The van der Waals surface area contributed by atoms with E-state index in [2.05, 4.69) is 15.1 Å². The summed E-state index contributed by atoms with van der Waals surface area (Å²) in [6.07, 6.45) is 0.508. The van der Waals surface area contributed by atoms with Crippen LogP contribution in [0.4, 0.5) is 13.2 Å². The van der Waals surface area contributed by atoms with Crippen molar-refractivity contribution in [3.63, 3.8) is 0 Å². The maximum absolute atomic E-state index is 13.5. The molecule has 0 fully saturated rings. The number of ether oxygens (including phenoxy) is 1. The summed E-state index contributed by atoms with van der Waals surface area (Å²) in [5.74, 6) is -0.0912. The normalized spacial score (nSPS) is 15.8. The first-order valence-corrected chi connectivity index (χ1v) is 12.7. The number of rotatable bonds is 5. The molecule has 0 aliphatic carbocycles. The smallest absolute Gasteiger partial charge is 0.416 e. The zero-order valence-corrected chi connectivity index (χ0v) is 19.9. The van der Waals surface area contributed by atoms with Crippen LogP contribution in [0.5, 0.6) is 5.75 Å². The zero-order valence-electron chi connectivity index (χ0n) is 19.1. The quantitative estimate of drug-likeness (QED) is 0.381. The fourth-order valence-corrected chi connectivity index (χ4v) is 5.66. The topological polar surface area (TPSA) is 87.0 Å². The van der Waals surface area contributed by atoms with Crippen molar-refractivity contribution in [2.24, 2.45) is 7.05 Å². The van der Waals surface area contributed by atoms with Crippen molar-refractivity contribution < 1.29 is 26.3 Å². The molecule has 0 amide bonds. The number of fused-ring (bicyclic) bond motifs is 1. The highest BCUT2D eigenvalue weighted by atomic mass is 32.2. The van der Waals surface area contributed by atoms with Gasteiger partial charge in [0.2, 0.25) is 0 Å². The van der Waals surface area contributed by atoms with Gasteiger partial charge in [0.25, 0.3) is 0 Å². The third kappa shape index (κ3) is 4.58. The highest BCUT2D eigenvalue weighted by molar-refractivity contribution is 7.90. The predicted molar refractivity (Wildman–Crippen MR) is 125 cm³/mol. The maximum Gasteiger partial charge on any atom is 0.416 e. The third-order valence-corrected chi connectivity index (χ3v) is 7.79. The lowest BCUT2D eigenvalue weighted by molar-refractivity contribution is -0.137. The molecule has 1 aliphatic rings. The van der Waals surface area contributed by atoms with Crippen LogP contribution in [0.25, 0.3) is 11.3 Å². The first-order valence-electron chi connectivity index (χ1n) is 11.1. The van der Waals surface area contributed by atoms with Crippen LogP contribution in [0.15, 0.2) is 72.0 Å². The van der Waals surface area contributed by atoms with Gasteiger partial charge >= 0.3 is 6.18 Å². The molecule has 5 rings (SSSR count). The molecule has 186 valence electrons. The number of aromatic nitrogens is 4. The van der Waals surface area contributed by atoms with Gasteiger partial charge in [0.1, 0.15) is 17.3 Å². The standard InChI is InChI=1S/C25H21F3N4O3S/c1-32-22(7-11-31-32)21-13-16(25(26,27)28)3-5-18(21)19-8-12-35-23-14-17(4-6-20(19)23)36(33,34)15-24-29-9-2-10-30-24/h2-7,9-11,13-14,19H,8,12,15H2,1H3/t19-/m0/s1. The van der Waals surface area contributed by atoms with Crippen molar-refractivity contribution in [2.45, 2.75) is 29.2 Å². The number of sulfone groups is 1. The van der Waals surface area contributed by atoms with Crippen LogP contribution < -0.4 is 4.74 Å². The SMILES string of the molecule is Cn1nccc1-c1cc(C(F)(F)F)ccc1[C@@H]1CCOc2cc(S(=O)(=O)Cc3ncccn3)ccc21. The number of nitrogens with zero attached hydrogens (tertiary/aromatic N) is 4. The fraction of sp³-hybridized carbons (Fsp3) is 0.240. The lowest BCUT2D eigenvalue weighted by atomic mass is 9.83. The molecular weight excluding hydrogens is 493 g/mol. The van der Waals surface area contributed by atoms with Crippen molar-refractivity contribution in [1.82, 2.24) is 19.7 Å². The third-order valence-electron chi connectivity index (χ3n) is 6.17. The van der Waals surface area contributed by atoms with E-state index in [4.69, 9.17) is 4.74 Å². The molecule has 3 heterocycles. The van der Waals surface area contributed by atoms with Gasteiger partial charge < -0.3 is 4.74 Å². The van der Waals surface area contributed by atoms with Crippen molar-refractivity contribution >= 4 is 9.84 Å². The number of alkyl halides is 3. The highest BCUT2D eigenvalue weighted by Gasteiger charge is 2.33. The minimum absolute atomic E-state index is 0.0635. The molecule has 0 unspecified atom stereocenters. The number of hydrogen-bond acceptors (Lipinski definition) is 6. The number of hydrogen-bond donors (Lipinski definition) is 0. The van der Waals surface area contributed by atoms with Crippen LogP contribution in [-0.2, 0) is 28.8 Å². The van der Waals surface area contributed by atoms with Crippen molar-refractivity contribution in [3.05, 3.63) is 89.6 Å². The Bertz CT molecular complexity index is 1520. The van der Waals surface area contributed by atoms with Crippen LogP contribution in [0, 0.1) is 0 Å². The summed E-state index contributed by atoms with van der Waals surface area (Å²) < 4.78 is 73.8. The summed E-state index contributed by atoms with van der Waals surface area (Å²) in [4.78, 5) is 8.03. The van der Waals surface area contributed by atoms with E-state index in [1.807, 2.05) is 0 Å². The van der Waals surface area contributed by atoms with Gasteiger partial charge in [0.15, 0.2) is 9.84 Å². The highest BCUT2D eigenvalue weighted by Crippen LogP contribution is 2.44. The molecule has 1 aliphatic heterocycles. The Morgan fingerprint density at radius 2 is 1.78 bits per heavy atom. The molecule has 0 N–H and O–H groups in total. The van der Waals surface area contributed by atoms with E-state index in [0.29, 0.717) is 34.6 Å². The van der Waals surface area contributed by atoms with Gasteiger partial charge in [0.05, 0.1) is 22.8 Å². The monoisotopic (exact) mass is 514 g/mol. The molecule has 0 spiro atoms. The first kappa shape index (κ1) is 24.0. The minimum atomic E-state index is -4.49. The van der Waals surface area contributed by atoms with E-state index < -0.39 is 21.6 Å². The Morgan fingerprint density at radius 3 is 2.47 bits per heavy atom. The second-order valence-corrected chi connectivity index (χ2v) is 10.4. The average molecular weight is 515 g/mol. The molecule has 1 atom stereocenters. The van der Waals surface area contributed by atoms with E-state index in [9.17, 15) is 21.6 Å². The first-order chi connectivity index (χ1) is 17.1. The maximum atomic E-state index is 13.5. The Hall–Kier alpha value is -3.73. The van der Waals surface area contributed by atoms with Gasteiger partial charge in [-0.1, -0.05) is 12.1 Å². The number of aryl methyl sites for hydroxylation is 1. The predicted octanol–water partition coefficient (Wildman–Crippen LogP) is 4.78. The van der Waals surface area contributed by atoms with E-state index >= 15 is 0 Å². The lowest BCUT2D eigenvalue weighted by Gasteiger charge is -2.28. The zero-order chi connectivity index (χ0) is 25.5. The van der Waals surface area contributed by atoms with Crippen molar-refractivity contribution in [1.29, 1.82) is 0 Å². The van der Waals surface area contributed by atoms with E-state index in [-0.39, 0.29) is 29.0 Å². The molecule has 36 heavy (non-hydrogen) atoms. The molecule has 0 saturated heterocycles. The van der Waals surface area contributed by atoms with Crippen molar-refractivity contribution in [2.75, 3.05) is 6.61 Å². The van der Waals surface area contributed by atoms with Crippen LogP contribution >= 0.6 is 0 Å². The van der Waals surface area contributed by atoms with Gasteiger partial charge in [-0.2, -0.15) is 18.3 Å². The van der Waals surface area contributed by atoms with Gasteiger partial charge in [-0.25, -0.2) is 18.4 Å². The molecular formula is C25H21F3N4O3S. The molecule has 0 radical (unpaired) electrons. The van der Waals surface area contributed by atoms with Crippen molar-refractivity contribution in [3.8, 4) is 17.0 Å². The van der Waals surface area contributed by atoms with Gasteiger partial charge in [-0.05, 0) is 48.4 Å². The summed E-state index contributed by atoms with van der Waals surface area (Å²) in [6, 6.07) is 11.6. The summed E-state index contributed by atoms with van der Waals surface area (Å²) >= 11 is 0. The number of benzene rings is 2. The molecule has 11 heteroatoms. The van der Waals surface area contributed by atoms with E-state index in [1.54, 1.807) is 25.2 Å². The molecule has 0 saturated carbocycles. The van der Waals surface area contributed by atoms with Gasteiger partial charge in [-0.3, -0.25) is 4.68 Å². The van der Waals surface area contributed by atoms with E-state index in [1.165, 1.54) is 41.5 Å². The second kappa shape index (κ2) is 9.05. The molecule has 7 nitrogen and oxygen atoms in total. The lowest BCUT2D eigenvalue weighted by Crippen LogP contribution is -2.18. The molecule has 0 bridgehead atoms.